The number of aromatic nitrogens is 3. The molecule has 1 heterocycles. The molecule has 0 aliphatic heterocycles. The molecular weight excluding hydrogens is 356 g/mol. The van der Waals surface area contributed by atoms with Crippen molar-refractivity contribution in [2.75, 3.05) is 11.1 Å². The summed E-state index contributed by atoms with van der Waals surface area (Å²) < 4.78 is 2.04. The molecule has 1 aliphatic rings. The Bertz CT molecular complexity index is 780. The number of carbonyl (C=O) groups excluding carboxylic acids is 1. The normalized spacial score (nSPS) is 15.1. The second-order valence-corrected chi connectivity index (χ2v) is 8.60. The Hall–Kier alpha value is -1.82. The number of anilines is 1. The number of nitrogens with zero attached hydrogens (tertiary/aromatic N) is 3. The van der Waals surface area contributed by atoms with Crippen molar-refractivity contribution in [1.82, 2.24) is 14.8 Å². The first-order chi connectivity index (χ1) is 13.0. The number of carbonyl (C=O) groups is 1. The van der Waals surface area contributed by atoms with Gasteiger partial charge in [-0.05, 0) is 43.4 Å². The van der Waals surface area contributed by atoms with E-state index in [0.29, 0.717) is 5.75 Å². The van der Waals surface area contributed by atoms with Crippen molar-refractivity contribution in [3.8, 4) is 0 Å². The maximum atomic E-state index is 12.3. The Kier molecular flexibility index (Phi) is 6.94. The number of hydrogen-bond acceptors (Lipinski definition) is 4. The second-order valence-electron chi connectivity index (χ2n) is 7.66. The Balaban J connectivity index is 1.49. The van der Waals surface area contributed by atoms with Gasteiger partial charge in [0.15, 0.2) is 5.16 Å². The fourth-order valence-electron chi connectivity index (χ4n) is 3.68. The van der Waals surface area contributed by atoms with Gasteiger partial charge in [0, 0.05) is 19.2 Å². The van der Waals surface area contributed by atoms with Crippen molar-refractivity contribution in [2.24, 2.45) is 13.0 Å². The van der Waals surface area contributed by atoms with Crippen LogP contribution in [0.5, 0.6) is 0 Å². The van der Waals surface area contributed by atoms with E-state index in [0.717, 1.165) is 40.1 Å². The summed E-state index contributed by atoms with van der Waals surface area (Å²) in [6.07, 6.45) is 9.04. The fourth-order valence-corrected chi connectivity index (χ4v) is 4.41. The number of benzene rings is 1. The van der Waals surface area contributed by atoms with Crippen LogP contribution in [0.1, 0.15) is 55.5 Å². The molecule has 0 atom stereocenters. The van der Waals surface area contributed by atoms with Crippen LogP contribution < -0.4 is 5.32 Å². The van der Waals surface area contributed by atoms with Crippen LogP contribution in [-0.4, -0.2) is 26.4 Å². The maximum Gasteiger partial charge on any atom is 0.234 e. The van der Waals surface area contributed by atoms with Gasteiger partial charge in [0.2, 0.25) is 5.91 Å². The topological polar surface area (TPSA) is 59.8 Å². The predicted molar refractivity (Wildman–Crippen MR) is 111 cm³/mol. The smallest absolute Gasteiger partial charge is 0.234 e. The summed E-state index contributed by atoms with van der Waals surface area (Å²) in [5.74, 6) is 2.19. The molecule has 1 aromatic heterocycles. The van der Waals surface area contributed by atoms with Crippen molar-refractivity contribution in [3.63, 3.8) is 0 Å². The molecule has 0 bridgehead atoms. The minimum absolute atomic E-state index is 0.0135. The quantitative estimate of drug-likeness (QED) is 0.702. The third-order valence-electron chi connectivity index (χ3n) is 5.43. The summed E-state index contributed by atoms with van der Waals surface area (Å²) in [4.78, 5) is 12.3. The number of rotatable bonds is 7. The molecule has 3 rings (SSSR count). The molecule has 0 saturated heterocycles. The van der Waals surface area contributed by atoms with Crippen LogP contribution in [0.15, 0.2) is 23.4 Å². The van der Waals surface area contributed by atoms with E-state index >= 15 is 0 Å². The summed E-state index contributed by atoms with van der Waals surface area (Å²) >= 11 is 1.44. The van der Waals surface area contributed by atoms with Crippen LogP contribution in [0.25, 0.3) is 0 Å². The van der Waals surface area contributed by atoms with E-state index in [9.17, 15) is 4.79 Å². The van der Waals surface area contributed by atoms with E-state index in [-0.39, 0.29) is 5.91 Å². The highest BCUT2D eigenvalue weighted by Gasteiger charge is 2.16. The number of nitrogens with one attached hydrogen (secondary N) is 1. The van der Waals surface area contributed by atoms with Crippen LogP contribution in [-0.2, 0) is 18.3 Å². The van der Waals surface area contributed by atoms with Crippen molar-refractivity contribution in [2.45, 2.75) is 63.9 Å². The number of hydrogen-bond donors (Lipinski definition) is 1. The second kappa shape index (κ2) is 9.40. The molecule has 1 amide bonds. The summed E-state index contributed by atoms with van der Waals surface area (Å²) in [5.41, 5.74) is 3.09. The van der Waals surface area contributed by atoms with Gasteiger partial charge in [-0.1, -0.05) is 56.0 Å². The highest BCUT2D eigenvalue weighted by atomic mass is 32.2. The van der Waals surface area contributed by atoms with E-state index in [1.165, 1.54) is 50.3 Å². The van der Waals surface area contributed by atoms with E-state index in [4.69, 9.17) is 0 Å². The van der Waals surface area contributed by atoms with Gasteiger partial charge in [0.25, 0.3) is 0 Å². The molecule has 2 aromatic rings. The zero-order valence-electron chi connectivity index (χ0n) is 16.6. The Morgan fingerprint density at radius 3 is 2.78 bits per heavy atom. The zero-order valence-corrected chi connectivity index (χ0v) is 17.4. The third kappa shape index (κ3) is 5.58. The SMILES string of the molecule is Cc1ccc(C)c(NC(=O)CSc2nnc(CCC3CCCCC3)n2C)c1. The first-order valence-electron chi connectivity index (χ1n) is 9.91. The Morgan fingerprint density at radius 2 is 2.00 bits per heavy atom. The maximum absolute atomic E-state index is 12.3. The molecule has 1 fully saturated rings. The average Bonchev–Trinajstić information content (AvgIpc) is 3.02. The van der Waals surface area contributed by atoms with Gasteiger partial charge in [-0.3, -0.25) is 4.79 Å². The predicted octanol–water partition coefficient (Wildman–Crippen LogP) is 4.68. The molecule has 1 saturated carbocycles. The van der Waals surface area contributed by atoms with Crippen molar-refractivity contribution in [3.05, 3.63) is 35.2 Å². The van der Waals surface area contributed by atoms with Crippen LogP contribution >= 0.6 is 11.8 Å². The third-order valence-corrected chi connectivity index (χ3v) is 6.45. The molecular formula is C21H30N4OS. The minimum Gasteiger partial charge on any atom is -0.325 e. The molecule has 27 heavy (non-hydrogen) atoms. The lowest BCUT2D eigenvalue weighted by molar-refractivity contribution is -0.113. The summed E-state index contributed by atoms with van der Waals surface area (Å²) in [7, 11) is 2.00. The molecule has 0 unspecified atom stereocenters. The molecule has 0 spiro atoms. The van der Waals surface area contributed by atoms with Gasteiger partial charge < -0.3 is 9.88 Å². The zero-order chi connectivity index (χ0) is 19.2. The van der Waals surface area contributed by atoms with E-state index in [2.05, 4.69) is 15.5 Å². The van der Waals surface area contributed by atoms with Crippen molar-refractivity contribution in [1.29, 1.82) is 0 Å². The minimum atomic E-state index is -0.0135. The lowest BCUT2D eigenvalue weighted by Crippen LogP contribution is -2.15. The van der Waals surface area contributed by atoms with E-state index < -0.39 is 0 Å². The van der Waals surface area contributed by atoms with E-state index in [1.54, 1.807) is 0 Å². The highest BCUT2D eigenvalue weighted by molar-refractivity contribution is 7.99. The highest BCUT2D eigenvalue weighted by Crippen LogP contribution is 2.27. The summed E-state index contributed by atoms with van der Waals surface area (Å²) in [5, 5.41) is 12.4. The van der Waals surface area contributed by atoms with Gasteiger partial charge in [-0.2, -0.15) is 0 Å². The standard InChI is InChI=1S/C21H30N4OS/c1-15-9-10-16(2)18(13-15)22-20(26)14-27-21-24-23-19(25(21)3)12-11-17-7-5-4-6-8-17/h9-10,13,17H,4-8,11-12,14H2,1-3H3,(H,22,26). The fraction of sp³-hybridized carbons (Fsp3) is 0.571. The Labute approximate surface area is 166 Å². The largest absolute Gasteiger partial charge is 0.325 e. The van der Waals surface area contributed by atoms with Crippen LogP contribution in [0.2, 0.25) is 0 Å². The number of amides is 1. The first-order valence-corrected chi connectivity index (χ1v) is 10.9. The number of aryl methyl sites for hydroxylation is 3. The summed E-state index contributed by atoms with van der Waals surface area (Å²) in [6.45, 7) is 4.03. The lowest BCUT2D eigenvalue weighted by Gasteiger charge is -2.20. The molecule has 0 radical (unpaired) electrons. The van der Waals surface area contributed by atoms with Crippen LogP contribution in [0.4, 0.5) is 5.69 Å². The van der Waals surface area contributed by atoms with Gasteiger partial charge in [0.1, 0.15) is 5.82 Å². The number of thioether (sulfide) groups is 1. The van der Waals surface area contributed by atoms with Crippen LogP contribution in [0, 0.1) is 19.8 Å². The molecule has 1 aliphatic carbocycles. The summed E-state index contributed by atoms with van der Waals surface area (Å²) in [6, 6.07) is 6.08. The van der Waals surface area contributed by atoms with E-state index in [1.807, 2.05) is 43.7 Å². The molecule has 1 aromatic carbocycles. The molecule has 5 nitrogen and oxygen atoms in total. The van der Waals surface area contributed by atoms with Crippen molar-refractivity contribution >= 4 is 23.4 Å². The Morgan fingerprint density at radius 1 is 1.22 bits per heavy atom. The molecule has 1 N–H and O–H groups in total. The average molecular weight is 387 g/mol. The molecule has 146 valence electrons. The van der Waals surface area contributed by atoms with Gasteiger partial charge >= 0.3 is 0 Å². The van der Waals surface area contributed by atoms with Gasteiger partial charge in [-0.15, -0.1) is 10.2 Å². The van der Waals surface area contributed by atoms with Gasteiger partial charge in [-0.25, -0.2) is 0 Å². The first kappa shape index (κ1) is 19.9. The monoisotopic (exact) mass is 386 g/mol. The molecule has 6 heteroatoms. The van der Waals surface area contributed by atoms with Crippen LogP contribution in [0.3, 0.4) is 0 Å². The lowest BCUT2D eigenvalue weighted by atomic mass is 9.86. The van der Waals surface area contributed by atoms with Gasteiger partial charge in [0.05, 0.1) is 5.75 Å². The van der Waals surface area contributed by atoms with Crippen molar-refractivity contribution < 1.29 is 4.79 Å².